The van der Waals surface area contributed by atoms with E-state index in [4.69, 9.17) is 38.2 Å². The zero-order chi connectivity index (χ0) is 37.5. The van der Waals surface area contributed by atoms with Gasteiger partial charge in [0, 0.05) is 54.7 Å². The van der Waals surface area contributed by atoms with Crippen LogP contribution in [0.5, 0.6) is 0 Å². The number of nitrogens with zero attached hydrogens (tertiary/aromatic N) is 5. The Morgan fingerprint density at radius 3 is 1.63 bits per heavy atom. The van der Waals surface area contributed by atoms with Crippen LogP contribution < -0.4 is 0 Å². The number of rotatable bonds is 5. The Morgan fingerprint density at radius 1 is 0.316 bits per heavy atom. The van der Waals surface area contributed by atoms with Gasteiger partial charge >= 0.3 is 0 Å². The number of fused-ring (bicyclic) bond motifs is 9. The lowest BCUT2D eigenvalue weighted by molar-refractivity contribution is 0.667. The van der Waals surface area contributed by atoms with E-state index >= 15 is 0 Å². The lowest BCUT2D eigenvalue weighted by Crippen LogP contribution is -2.00. The molecule has 7 aromatic carbocycles. The van der Waals surface area contributed by atoms with Gasteiger partial charge in [-0.1, -0.05) is 103 Å². The molecule has 5 aromatic heterocycles. The fourth-order valence-corrected chi connectivity index (χ4v) is 7.87. The van der Waals surface area contributed by atoms with E-state index < -0.39 is 0 Å². The van der Waals surface area contributed by atoms with E-state index in [0.29, 0.717) is 28.9 Å². The molecule has 0 aliphatic heterocycles. The number of benzene rings is 7. The van der Waals surface area contributed by atoms with Gasteiger partial charge in [-0.05, 0) is 60.7 Å². The summed E-state index contributed by atoms with van der Waals surface area (Å²) in [7, 11) is 0. The minimum atomic E-state index is 0.531. The van der Waals surface area contributed by atoms with E-state index in [1.165, 1.54) is 0 Å². The molecule has 0 unspecified atom stereocenters. The van der Waals surface area contributed by atoms with Crippen LogP contribution in [-0.4, -0.2) is 24.9 Å². The summed E-state index contributed by atoms with van der Waals surface area (Å²) in [6, 6.07) is 54.3. The molecular formula is C49H27N5O3. The maximum atomic E-state index is 6.49. The van der Waals surface area contributed by atoms with E-state index in [0.717, 1.165) is 93.9 Å². The second kappa shape index (κ2) is 12.3. The molecule has 0 bridgehead atoms. The molecule has 0 spiro atoms. The third kappa shape index (κ3) is 5.04. The highest BCUT2D eigenvalue weighted by molar-refractivity contribution is 6.13. The van der Waals surface area contributed by atoms with E-state index in [-0.39, 0.29) is 0 Å². The molecule has 0 aliphatic rings. The monoisotopic (exact) mass is 733 g/mol. The molecule has 0 radical (unpaired) electrons. The van der Waals surface area contributed by atoms with Crippen molar-refractivity contribution in [3.05, 3.63) is 164 Å². The zero-order valence-corrected chi connectivity index (χ0v) is 30.0. The van der Waals surface area contributed by atoms with E-state index in [1.54, 1.807) is 0 Å². The summed E-state index contributed by atoms with van der Waals surface area (Å²) >= 11 is 0. The quantitative estimate of drug-likeness (QED) is 0.172. The van der Waals surface area contributed by atoms with Gasteiger partial charge in [-0.3, -0.25) is 0 Å². The van der Waals surface area contributed by atoms with Crippen LogP contribution in [0.2, 0.25) is 0 Å². The lowest BCUT2D eigenvalue weighted by atomic mass is 10.0. The molecule has 57 heavy (non-hydrogen) atoms. The Morgan fingerprint density at radius 2 is 0.860 bits per heavy atom. The van der Waals surface area contributed by atoms with Crippen molar-refractivity contribution in [3.63, 3.8) is 0 Å². The second-order valence-electron chi connectivity index (χ2n) is 14.0. The summed E-state index contributed by atoms with van der Waals surface area (Å²) in [4.78, 5) is 25.6. The summed E-state index contributed by atoms with van der Waals surface area (Å²) < 4.78 is 19.0. The molecule has 0 fully saturated rings. The second-order valence-corrected chi connectivity index (χ2v) is 14.0. The standard InChI is InChI=1S/C49H27N5O3/c1-3-12-28(13-4-1)43-45-44(33-17-8-10-20-38(33)57-45)51-47(50-43)31-23-25-40-36(27-31)42-34(18-11-21-41(42)56-40)49-53-46(29-14-5-2-6-15-29)52-48(54-49)30-22-24-39-35(26-30)32-16-7-9-19-37(32)55-39/h1-27H. The average Bonchev–Trinajstić information content (AvgIpc) is 3.97. The normalized spacial score (nSPS) is 11.9. The minimum absolute atomic E-state index is 0.531. The Kier molecular flexibility index (Phi) is 6.76. The Balaban J connectivity index is 1.07. The fraction of sp³-hybridized carbons (Fsp3) is 0. The third-order valence-corrected chi connectivity index (χ3v) is 10.6. The van der Waals surface area contributed by atoms with Crippen LogP contribution in [0.3, 0.4) is 0 Å². The van der Waals surface area contributed by atoms with Gasteiger partial charge in [0.1, 0.15) is 39.1 Å². The summed E-state index contributed by atoms with van der Waals surface area (Å²) in [5.74, 6) is 2.24. The molecule has 12 aromatic rings. The van der Waals surface area contributed by atoms with Crippen molar-refractivity contribution in [2.75, 3.05) is 0 Å². The van der Waals surface area contributed by atoms with E-state index in [9.17, 15) is 0 Å². The van der Waals surface area contributed by atoms with Crippen molar-refractivity contribution in [2.45, 2.75) is 0 Å². The SMILES string of the molecule is c1ccc(-c2nc(-c3ccc4oc5ccccc5c4c3)nc(-c3cccc4oc5ccc(-c6nc(-c7ccccc7)c7oc8ccccc8c7n6)cc5c34)n2)cc1. The van der Waals surface area contributed by atoms with Crippen molar-refractivity contribution < 1.29 is 13.3 Å². The molecule has 0 atom stereocenters. The summed E-state index contributed by atoms with van der Waals surface area (Å²) in [6.07, 6.45) is 0. The van der Waals surface area contributed by atoms with Crippen LogP contribution in [0, 0.1) is 0 Å². The fourth-order valence-electron chi connectivity index (χ4n) is 7.87. The van der Waals surface area contributed by atoms with Gasteiger partial charge in [-0.25, -0.2) is 24.9 Å². The molecule has 8 nitrogen and oxygen atoms in total. The molecule has 0 N–H and O–H groups in total. The molecule has 8 heteroatoms. The van der Waals surface area contributed by atoms with Gasteiger partial charge in [-0.2, -0.15) is 0 Å². The summed E-state index contributed by atoms with van der Waals surface area (Å²) in [5.41, 5.74) is 10.4. The molecule has 0 amide bonds. The Bertz CT molecular complexity index is 3530. The smallest absolute Gasteiger partial charge is 0.180 e. The van der Waals surface area contributed by atoms with Gasteiger partial charge in [0.2, 0.25) is 0 Å². The molecule has 0 aliphatic carbocycles. The number of para-hydroxylation sites is 2. The maximum absolute atomic E-state index is 6.49. The van der Waals surface area contributed by atoms with Crippen LogP contribution in [0.15, 0.2) is 177 Å². The van der Waals surface area contributed by atoms with Crippen molar-refractivity contribution in [2.24, 2.45) is 0 Å². The molecule has 0 saturated heterocycles. The largest absolute Gasteiger partial charge is 0.456 e. The van der Waals surface area contributed by atoms with Crippen LogP contribution in [0.4, 0.5) is 0 Å². The van der Waals surface area contributed by atoms with E-state index in [1.807, 2.05) is 146 Å². The van der Waals surface area contributed by atoms with Gasteiger partial charge < -0.3 is 13.3 Å². The highest BCUT2D eigenvalue weighted by Crippen LogP contribution is 2.40. The first-order valence-electron chi connectivity index (χ1n) is 18.7. The van der Waals surface area contributed by atoms with Crippen molar-refractivity contribution in [1.82, 2.24) is 24.9 Å². The summed E-state index contributed by atoms with van der Waals surface area (Å²) in [5, 5.41) is 4.76. The average molecular weight is 734 g/mol. The van der Waals surface area contributed by atoms with Gasteiger partial charge in [0.15, 0.2) is 28.9 Å². The minimum Gasteiger partial charge on any atom is -0.456 e. The van der Waals surface area contributed by atoms with E-state index in [2.05, 4.69) is 18.2 Å². The van der Waals surface area contributed by atoms with Crippen LogP contribution >= 0.6 is 0 Å². The summed E-state index contributed by atoms with van der Waals surface area (Å²) in [6.45, 7) is 0. The molecular weight excluding hydrogens is 707 g/mol. The molecule has 0 saturated carbocycles. The van der Waals surface area contributed by atoms with Gasteiger partial charge in [0.05, 0.1) is 0 Å². The predicted molar refractivity (Wildman–Crippen MR) is 224 cm³/mol. The van der Waals surface area contributed by atoms with Crippen molar-refractivity contribution in [1.29, 1.82) is 0 Å². The predicted octanol–water partition coefficient (Wildman–Crippen LogP) is 12.7. The van der Waals surface area contributed by atoms with Crippen molar-refractivity contribution in [3.8, 4) is 56.8 Å². The number of furan rings is 3. The van der Waals surface area contributed by atoms with Crippen LogP contribution in [-0.2, 0) is 0 Å². The zero-order valence-electron chi connectivity index (χ0n) is 30.0. The number of aromatic nitrogens is 5. The maximum Gasteiger partial charge on any atom is 0.180 e. The topological polar surface area (TPSA) is 104 Å². The Labute approximate surface area is 323 Å². The molecule has 12 rings (SSSR count). The van der Waals surface area contributed by atoms with Crippen molar-refractivity contribution >= 4 is 65.9 Å². The van der Waals surface area contributed by atoms with Gasteiger partial charge in [0.25, 0.3) is 0 Å². The van der Waals surface area contributed by atoms with Crippen LogP contribution in [0.1, 0.15) is 0 Å². The number of hydrogen-bond donors (Lipinski definition) is 0. The molecule has 266 valence electrons. The number of hydrogen-bond acceptors (Lipinski definition) is 8. The first-order valence-corrected chi connectivity index (χ1v) is 18.7. The Hall–Kier alpha value is -7.97. The molecule has 5 heterocycles. The lowest BCUT2D eigenvalue weighted by Gasteiger charge is -2.09. The highest BCUT2D eigenvalue weighted by Gasteiger charge is 2.21. The van der Waals surface area contributed by atoms with Gasteiger partial charge in [-0.15, -0.1) is 0 Å². The first kappa shape index (κ1) is 31.4. The first-order chi connectivity index (χ1) is 28.2. The highest BCUT2D eigenvalue weighted by atomic mass is 16.3. The third-order valence-electron chi connectivity index (χ3n) is 10.6. The van der Waals surface area contributed by atoms with Crippen LogP contribution in [0.25, 0.3) is 123 Å².